The predicted molar refractivity (Wildman–Crippen MR) is 151 cm³/mol. The van der Waals surface area contributed by atoms with Crippen molar-refractivity contribution < 1.29 is 40.2 Å². The number of rotatable bonds is 8. The van der Waals surface area contributed by atoms with E-state index in [9.17, 15) is 9.59 Å². The van der Waals surface area contributed by atoms with Crippen LogP contribution in [0.2, 0.25) is 0 Å². The van der Waals surface area contributed by atoms with Crippen LogP contribution < -0.4 is 9.47 Å². The third-order valence-electron chi connectivity index (χ3n) is 5.41. The maximum atomic E-state index is 10.9. The Morgan fingerprint density at radius 1 is 0.538 bits per heavy atom. The minimum atomic E-state index is -0.841. The molecule has 0 aliphatic carbocycles. The molecule has 39 heavy (non-hydrogen) atoms. The van der Waals surface area contributed by atoms with Crippen molar-refractivity contribution in [2.45, 2.75) is 25.7 Å². The van der Waals surface area contributed by atoms with E-state index in [2.05, 4.69) is 0 Å². The largest absolute Gasteiger partial charge is 0.481 e. The maximum Gasteiger partial charge on any atom is 0.310 e. The van der Waals surface area contributed by atoms with Crippen LogP contribution in [0.25, 0.3) is 0 Å². The molecule has 0 aliphatic heterocycles. The van der Waals surface area contributed by atoms with Gasteiger partial charge in [-0.15, -0.1) is 0 Å². The molecular formula is C30H32CaO8. The Morgan fingerprint density at radius 3 is 1.15 bits per heavy atom. The van der Waals surface area contributed by atoms with Gasteiger partial charge in [-0.25, -0.2) is 0 Å². The summed E-state index contributed by atoms with van der Waals surface area (Å²) in [4.78, 5) is 21.9. The van der Waals surface area contributed by atoms with Gasteiger partial charge in [0.15, 0.2) is 0 Å². The molecule has 0 heterocycles. The van der Waals surface area contributed by atoms with Gasteiger partial charge >= 0.3 is 11.9 Å². The summed E-state index contributed by atoms with van der Waals surface area (Å²) >= 11 is 0. The number of ether oxygens (including phenoxy) is 2. The van der Waals surface area contributed by atoms with E-state index in [0.29, 0.717) is 11.5 Å². The molecule has 2 radical (unpaired) electrons. The van der Waals surface area contributed by atoms with E-state index in [-0.39, 0.29) is 48.7 Å². The van der Waals surface area contributed by atoms with Gasteiger partial charge in [0.25, 0.3) is 0 Å². The fourth-order valence-electron chi connectivity index (χ4n) is 3.23. The van der Waals surface area contributed by atoms with Crippen molar-refractivity contribution in [3.63, 3.8) is 0 Å². The fourth-order valence-corrected chi connectivity index (χ4v) is 3.23. The number of hydrogen-bond donors (Lipinski definition) is 2. The first kappa shape index (κ1) is 35.6. The number of carboxylic acid groups (broad SMARTS) is 2. The summed E-state index contributed by atoms with van der Waals surface area (Å²) in [6, 6.07) is 33.1. The minimum Gasteiger partial charge on any atom is -0.481 e. The van der Waals surface area contributed by atoms with Gasteiger partial charge in [-0.1, -0.05) is 60.7 Å². The maximum absolute atomic E-state index is 10.9. The van der Waals surface area contributed by atoms with Crippen LogP contribution in [-0.4, -0.2) is 70.8 Å². The van der Waals surface area contributed by atoms with Gasteiger partial charge in [0.05, 0.1) is 11.8 Å². The Balaban J connectivity index is 0.000000688. The summed E-state index contributed by atoms with van der Waals surface area (Å²) in [7, 11) is 0. The Kier molecular flexibility index (Phi) is 16.4. The predicted octanol–water partition coefficient (Wildman–Crippen LogP) is 5.30. The smallest absolute Gasteiger partial charge is 0.310 e. The van der Waals surface area contributed by atoms with Crippen LogP contribution in [0.15, 0.2) is 109 Å². The van der Waals surface area contributed by atoms with Gasteiger partial charge in [0.2, 0.25) is 0 Å². The molecule has 0 amide bonds. The molecule has 0 aliphatic rings. The molecule has 4 aromatic carbocycles. The zero-order valence-electron chi connectivity index (χ0n) is 21.8. The van der Waals surface area contributed by atoms with Crippen molar-refractivity contribution in [2.24, 2.45) is 0 Å². The number of para-hydroxylation sites is 2. The second kappa shape index (κ2) is 18.0. The summed E-state index contributed by atoms with van der Waals surface area (Å²) in [6.45, 7) is 3.31. The standard InChI is InChI=1S/2C15H14O3.Ca.2H2O/c2*1-11(15(16)17)12-6-5-9-14(10-12)18-13-7-3-2-4-8-13;;;/h2*2-11H,1H3,(H,16,17);;2*1H2. The van der Waals surface area contributed by atoms with E-state index in [1.807, 2.05) is 72.8 Å². The molecule has 4 rings (SSSR count). The Labute approximate surface area is 257 Å². The average molecular weight is 561 g/mol. The Hall–Kier alpha value is -3.40. The molecule has 0 bridgehead atoms. The summed E-state index contributed by atoms with van der Waals surface area (Å²) in [5.41, 5.74) is 1.46. The minimum absolute atomic E-state index is 0. The SMILES string of the molecule is CC(C(=O)O)c1cccc(Oc2ccccc2)c1.CC(C(=O)O)c1cccc(Oc2ccccc2)c1.O.O.[Ca]. The molecule has 2 unspecified atom stereocenters. The van der Waals surface area contributed by atoms with Crippen molar-refractivity contribution in [3.8, 4) is 23.0 Å². The molecular weight excluding hydrogens is 528 g/mol. The quantitative estimate of drug-likeness (QED) is 0.278. The zero-order chi connectivity index (χ0) is 25.9. The number of hydrogen-bond acceptors (Lipinski definition) is 4. The van der Waals surface area contributed by atoms with Crippen molar-refractivity contribution in [2.75, 3.05) is 0 Å². The van der Waals surface area contributed by atoms with Gasteiger partial charge in [0.1, 0.15) is 23.0 Å². The molecule has 2 atom stereocenters. The van der Waals surface area contributed by atoms with Crippen molar-refractivity contribution in [3.05, 3.63) is 120 Å². The Morgan fingerprint density at radius 2 is 0.846 bits per heavy atom. The number of carboxylic acids is 2. The first-order chi connectivity index (χ1) is 17.3. The van der Waals surface area contributed by atoms with E-state index in [4.69, 9.17) is 19.7 Å². The van der Waals surface area contributed by atoms with Crippen molar-refractivity contribution >= 4 is 49.7 Å². The monoisotopic (exact) mass is 560 g/mol. The van der Waals surface area contributed by atoms with E-state index >= 15 is 0 Å². The fraction of sp³-hybridized carbons (Fsp3) is 0.133. The van der Waals surface area contributed by atoms with Crippen LogP contribution in [-0.2, 0) is 9.59 Å². The van der Waals surface area contributed by atoms with Crippen LogP contribution >= 0.6 is 0 Å². The first-order valence-electron chi connectivity index (χ1n) is 11.4. The normalized spacial score (nSPS) is 10.9. The molecule has 8 nitrogen and oxygen atoms in total. The average Bonchev–Trinajstić information content (AvgIpc) is 2.89. The van der Waals surface area contributed by atoms with Gasteiger partial charge in [0, 0.05) is 37.7 Å². The second-order valence-corrected chi connectivity index (χ2v) is 8.10. The molecule has 0 aromatic heterocycles. The van der Waals surface area contributed by atoms with Crippen LogP contribution in [0, 0.1) is 0 Å². The third kappa shape index (κ3) is 11.5. The van der Waals surface area contributed by atoms with E-state index in [1.165, 1.54) is 0 Å². The van der Waals surface area contributed by atoms with Gasteiger partial charge in [-0.2, -0.15) is 0 Å². The van der Waals surface area contributed by atoms with Crippen LogP contribution in [0.3, 0.4) is 0 Å². The Bertz CT molecular complexity index is 1180. The molecule has 0 fully saturated rings. The van der Waals surface area contributed by atoms with Crippen molar-refractivity contribution in [1.82, 2.24) is 0 Å². The first-order valence-corrected chi connectivity index (χ1v) is 11.4. The molecule has 202 valence electrons. The molecule has 4 aromatic rings. The summed E-state index contributed by atoms with van der Waals surface area (Å²) in [6.07, 6.45) is 0. The third-order valence-corrected chi connectivity index (χ3v) is 5.41. The van der Waals surface area contributed by atoms with Gasteiger partial charge in [-0.05, 0) is 73.5 Å². The van der Waals surface area contributed by atoms with E-state index < -0.39 is 23.8 Å². The molecule has 0 spiro atoms. The second-order valence-electron chi connectivity index (χ2n) is 8.10. The molecule has 0 saturated heterocycles. The summed E-state index contributed by atoms with van der Waals surface area (Å²) < 4.78 is 11.3. The van der Waals surface area contributed by atoms with E-state index in [1.54, 1.807) is 50.2 Å². The molecule has 0 saturated carbocycles. The zero-order valence-corrected chi connectivity index (χ0v) is 24.0. The van der Waals surface area contributed by atoms with Crippen molar-refractivity contribution in [1.29, 1.82) is 0 Å². The molecule has 6 N–H and O–H groups in total. The van der Waals surface area contributed by atoms with Gasteiger partial charge in [-0.3, -0.25) is 9.59 Å². The van der Waals surface area contributed by atoms with E-state index in [0.717, 1.165) is 22.6 Å². The van der Waals surface area contributed by atoms with Crippen LogP contribution in [0.4, 0.5) is 0 Å². The molecule has 9 heteroatoms. The number of benzene rings is 4. The number of aliphatic carboxylic acids is 2. The van der Waals surface area contributed by atoms with Crippen LogP contribution in [0.5, 0.6) is 23.0 Å². The van der Waals surface area contributed by atoms with Crippen LogP contribution in [0.1, 0.15) is 36.8 Å². The summed E-state index contributed by atoms with van der Waals surface area (Å²) in [5.74, 6) is 0.00113. The van der Waals surface area contributed by atoms with Gasteiger partial charge < -0.3 is 30.6 Å². The number of carbonyl (C=O) groups is 2. The topological polar surface area (TPSA) is 156 Å². The summed E-state index contributed by atoms with van der Waals surface area (Å²) in [5, 5.41) is 18.0.